The largest absolute Gasteiger partial charge is 1.00 e. The second kappa shape index (κ2) is 30.8. The summed E-state index contributed by atoms with van der Waals surface area (Å²) in [5, 5.41) is 11.3. The smallest absolute Gasteiger partial charge is 0.410 e. The Morgan fingerprint density at radius 3 is 0.770 bits per heavy atom. The number of hydrogen-bond donors (Lipinski definition) is 4. The van der Waals surface area contributed by atoms with Crippen LogP contribution in [0.5, 0.6) is 0 Å². The monoisotopic (exact) mass is 1280 g/mol. The number of benzene rings is 1. The molecule has 0 unspecified atom stereocenters. The minimum atomic E-state index is -0.769. The molecule has 0 fully saturated rings. The first-order chi connectivity index (χ1) is 32.5. The first-order valence-corrected chi connectivity index (χ1v) is 25.1. The molecule has 22 heteroatoms. The normalized spacial score (nSPS) is 12.4. The van der Waals surface area contributed by atoms with Gasteiger partial charge in [0, 0.05) is 13.1 Å². The molecule has 0 atom stereocenters. The zero-order valence-corrected chi connectivity index (χ0v) is 53.0. The van der Waals surface area contributed by atoms with Gasteiger partial charge in [-0.1, -0.05) is 24.3 Å². The fourth-order valence-corrected chi connectivity index (χ4v) is 6.68. The zero-order chi connectivity index (χ0) is 55.6. The molecule has 0 aliphatic heterocycles. The number of hydrogen-bond acceptors (Lipinski definition) is 12. The third kappa shape index (κ3) is 36.2. The third-order valence-corrected chi connectivity index (χ3v) is 10.2. The van der Waals surface area contributed by atoms with Gasteiger partial charge in [0.2, 0.25) is 0 Å². The van der Waals surface area contributed by atoms with E-state index >= 15 is 0 Å². The van der Waals surface area contributed by atoms with E-state index in [-0.39, 0.29) is 100 Å². The van der Waals surface area contributed by atoms with Crippen molar-refractivity contribution in [2.75, 3.05) is 92.6 Å². The van der Waals surface area contributed by atoms with Gasteiger partial charge >= 0.3 is 36.6 Å². The molecular formula is C52H96I2N8O12. The molecule has 1 aromatic rings. The molecule has 430 valence electrons. The Balaban J connectivity index is 0. The van der Waals surface area contributed by atoms with Crippen molar-refractivity contribution in [1.29, 1.82) is 0 Å². The van der Waals surface area contributed by atoms with Crippen LogP contribution in [0.1, 0.15) is 136 Å². The van der Waals surface area contributed by atoms with E-state index in [0.29, 0.717) is 48.2 Å². The number of amides is 6. The predicted molar refractivity (Wildman–Crippen MR) is 278 cm³/mol. The van der Waals surface area contributed by atoms with Crippen LogP contribution in [0.3, 0.4) is 0 Å². The van der Waals surface area contributed by atoms with Crippen LogP contribution in [-0.2, 0) is 41.5 Å². The zero-order valence-electron chi connectivity index (χ0n) is 48.7. The summed E-state index contributed by atoms with van der Waals surface area (Å²) < 4.78 is 34.3. The molecule has 1 rings (SSSR count). The number of likely N-dealkylation sites (N-methyl/N-ethyl adjacent to an activating group) is 2. The number of rotatable bonds is 22. The van der Waals surface area contributed by atoms with Crippen molar-refractivity contribution in [3.8, 4) is 0 Å². The number of nitrogens with zero attached hydrogens (tertiary/aromatic N) is 4. The standard InChI is InChI=1S/C52H94N8O12.2HI/c1-47(2,3)67-41(61)53-25-31-59(19,32-26-54-42(62)68-48(4,5)6)35-29-57(45(65)71-51(13,14)15)37-39-21-23-40(24-22-39)38-58(46(66)72-52(16,17)18)30-36-60(20,33-27-55-43(63)69-49(7,8)9)34-28-56-44(64)70-50(10,11)12;;/h21-24H,25-38H2,1-20H3,(H2-2,53,54,55,56,61,62,63,64);2*1H. The molecule has 0 bridgehead atoms. The molecule has 0 heterocycles. The molecule has 0 aliphatic rings. The van der Waals surface area contributed by atoms with E-state index in [0.717, 1.165) is 11.1 Å². The molecule has 0 radical (unpaired) electrons. The number of carbonyl (C=O) groups excluding carboxylic acids is 6. The predicted octanol–water partition coefficient (Wildman–Crippen LogP) is 2.16. The van der Waals surface area contributed by atoms with E-state index in [4.69, 9.17) is 28.4 Å². The number of nitrogens with one attached hydrogen (secondary N) is 4. The second-order valence-corrected chi connectivity index (χ2v) is 24.9. The highest BCUT2D eigenvalue weighted by Crippen LogP contribution is 2.19. The third-order valence-electron chi connectivity index (χ3n) is 10.2. The molecule has 6 amide bonds. The summed E-state index contributed by atoms with van der Waals surface area (Å²) in [6.07, 6.45) is -3.17. The Bertz CT molecular complexity index is 1700. The highest BCUT2D eigenvalue weighted by Gasteiger charge is 2.31. The Kier molecular flexibility index (Phi) is 30.1. The molecular weight excluding hydrogens is 1180 g/mol. The summed E-state index contributed by atoms with van der Waals surface area (Å²) in [7, 11) is 3.99. The summed E-state index contributed by atoms with van der Waals surface area (Å²) in [5.74, 6) is 0. The van der Waals surface area contributed by atoms with Gasteiger partial charge in [-0.25, -0.2) is 28.8 Å². The molecule has 0 saturated carbocycles. The SMILES string of the molecule is CC(C)(C)OC(=O)NCC[N+](C)(CCNC(=O)OC(C)(C)C)CCN(Cc1ccc(CN(CC[N+](C)(CCNC(=O)OC(C)(C)C)CCNC(=O)OC(C)(C)C)C(=O)OC(C)(C)C)cc1)C(=O)OC(C)(C)C.[I-].[I-]. The van der Waals surface area contributed by atoms with Crippen LogP contribution in [0.25, 0.3) is 0 Å². The van der Waals surface area contributed by atoms with Gasteiger partial charge < -0.3 is 107 Å². The van der Waals surface area contributed by atoms with Crippen molar-refractivity contribution in [2.24, 2.45) is 0 Å². The number of carbonyl (C=O) groups is 6. The van der Waals surface area contributed by atoms with Gasteiger partial charge in [0.1, 0.15) is 33.6 Å². The topological polar surface area (TPSA) is 212 Å². The molecule has 0 saturated heterocycles. The highest BCUT2D eigenvalue weighted by molar-refractivity contribution is 5.70. The highest BCUT2D eigenvalue weighted by atomic mass is 127. The van der Waals surface area contributed by atoms with Gasteiger partial charge in [0.05, 0.1) is 92.6 Å². The van der Waals surface area contributed by atoms with Crippen LogP contribution in [0.4, 0.5) is 28.8 Å². The first kappa shape index (κ1) is 72.3. The summed E-state index contributed by atoms with van der Waals surface area (Å²) >= 11 is 0. The molecule has 0 aliphatic carbocycles. The summed E-state index contributed by atoms with van der Waals surface area (Å²) in [6, 6.07) is 7.64. The van der Waals surface area contributed by atoms with Crippen molar-refractivity contribution in [1.82, 2.24) is 31.1 Å². The Morgan fingerprint density at radius 2 is 0.581 bits per heavy atom. The Labute approximate surface area is 478 Å². The average molecular weight is 1280 g/mol. The van der Waals surface area contributed by atoms with E-state index in [1.807, 2.05) is 79.9 Å². The van der Waals surface area contributed by atoms with E-state index in [1.54, 1.807) is 92.9 Å². The lowest BCUT2D eigenvalue weighted by atomic mass is 10.1. The molecule has 4 N–H and O–H groups in total. The maximum atomic E-state index is 13.9. The van der Waals surface area contributed by atoms with Gasteiger partial charge in [-0.15, -0.1) is 0 Å². The maximum Gasteiger partial charge on any atom is 0.410 e. The molecule has 0 spiro atoms. The van der Waals surface area contributed by atoms with Crippen molar-refractivity contribution < 1.29 is 114 Å². The Morgan fingerprint density at radius 1 is 0.378 bits per heavy atom. The summed E-state index contributed by atoms with van der Waals surface area (Å²) in [6.45, 7) is 37.2. The van der Waals surface area contributed by atoms with Crippen LogP contribution >= 0.6 is 0 Å². The minimum absolute atomic E-state index is 0. The van der Waals surface area contributed by atoms with Crippen LogP contribution in [0, 0.1) is 0 Å². The van der Waals surface area contributed by atoms with E-state index < -0.39 is 70.2 Å². The van der Waals surface area contributed by atoms with Gasteiger partial charge in [-0.2, -0.15) is 0 Å². The van der Waals surface area contributed by atoms with Gasteiger partial charge in [-0.3, -0.25) is 9.80 Å². The van der Waals surface area contributed by atoms with Crippen LogP contribution in [0.15, 0.2) is 24.3 Å². The number of quaternary nitrogens is 2. The lowest BCUT2D eigenvalue weighted by Gasteiger charge is -2.37. The molecule has 20 nitrogen and oxygen atoms in total. The van der Waals surface area contributed by atoms with Gasteiger partial charge in [0.15, 0.2) is 0 Å². The summed E-state index contributed by atoms with van der Waals surface area (Å²) in [4.78, 5) is 81.2. The quantitative estimate of drug-likeness (QED) is 0.0748. The molecule has 74 heavy (non-hydrogen) atoms. The van der Waals surface area contributed by atoms with Crippen LogP contribution in [0.2, 0.25) is 0 Å². The lowest BCUT2D eigenvalue weighted by Crippen LogP contribution is -3.00. The van der Waals surface area contributed by atoms with E-state index in [9.17, 15) is 28.8 Å². The molecule has 1 aromatic carbocycles. The van der Waals surface area contributed by atoms with Crippen molar-refractivity contribution in [3.05, 3.63) is 35.4 Å². The van der Waals surface area contributed by atoms with Crippen LogP contribution < -0.4 is 69.2 Å². The average Bonchev–Trinajstić information content (AvgIpc) is 3.14. The van der Waals surface area contributed by atoms with E-state index in [1.165, 1.54) is 0 Å². The van der Waals surface area contributed by atoms with Crippen LogP contribution in [-0.4, -0.2) is 182 Å². The molecule has 0 aromatic heterocycles. The van der Waals surface area contributed by atoms with Crippen molar-refractivity contribution in [2.45, 2.75) is 171 Å². The number of alkyl carbamates (subject to hydrolysis) is 4. The lowest BCUT2D eigenvalue weighted by molar-refractivity contribution is -0.906. The maximum absolute atomic E-state index is 13.9. The van der Waals surface area contributed by atoms with Gasteiger partial charge in [-0.05, 0) is 136 Å². The first-order valence-electron chi connectivity index (χ1n) is 25.1. The Hall–Kier alpha value is -3.78. The van der Waals surface area contributed by atoms with E-state index in [2.05, 4.69) is 21.3 Å². The van der Waals surface area contributed by atoms with Crippen molar-refractivity contribution >= 4 is 36.6 Å². The van der Waals surface area contributed by atoms with Gasteiger partial charge in [0.25, 0.3) is 0 Å². The number of halogens is 2. The summed E-state index contributed by atoms with van der Waals surface area (Å²) in [5.41, 5.74) is -2.57. The second-order valence-electron chi connectivity index (χ2n) is 24.9. The fourth-order valence-electron chi connectivity index (χ4n) is 6.68. The number of ether oxygens (including phenoxy) is 6. The van der Waals surface area contributed by atoms with Crippen molar-refractivity contribution in [3.63, 3.8) is 0 Å². The minimum Gasteiger partial charge on any atom is -1.00 e. The fraction of sp³-hybridized carbons (Fsp3) is 0.769.